The molecule has 2 aromatic heterocycles. The minimum atomic E-state index is 0.461. The summed E-state index contributed by atoms with van der Waals surface area (Å²) in [5, 5.41) is 0.655. The Labute approximate surface area is 68.4 Å². The van der Waals surface area contributed by atoms with Crippen molar-refractivity contribution < 1.29 is 0 Å². The van der Waals surface area contributed by atoms with Crippen LogP contribution in [-0.2, 0) is 0 Å². The summed E-state index contributed by atoms with van der Waals surface area (Å²) in [4.78, 5) is 3.92. The molecule has 56 valence electrons. The maximum Gasteiger partial charge on any atom is 0.204 e. The van der Waals surface area contributed by atoms with Gasteiger partial charge in [-0.05, 0) is 12.1 Å². The molecule has 0 fully saturated rings. The molecule has 0 amide bonds. The van der Waals surface area contributed by atoms with Crippen molar-refractivity contribution in [1.82, 2.24) is 9.38 Å². The number of anilines is 1. The Balaban J connectivity index is 2.87. The molecule has 0 saturated carbocycles. The van der Waals surface area contributed by atoms with E-state index in [9.17, 15) is 0 Å². The summed E-state index contributed by atoms with van der Waals surface area (Å²) in [5.41, 5.74) is 6.49. The van der Waals surface area contributed by atoms with Crippen LogP contribution in [0.3, 0.4) is 0 Å². The second-order valence-electron chi connectivity index (χ2n) is 2.26. The molecule has 2 aromatic rings. The number of hydrogen-bond acceptors (Lipinski definition) is 2. The zero-order valence-corrected chi connectivity index (χ0v) is 6.42. The summed E-state index contributed by atoms with van der Waals surface area (Å²) in [6, 6.07) is 3.67. The third kappa shape index (κ3) is 0.935. The van der Waals surface area contributed by atoms with Gasteiger partial charge < -0.3 is 5.73 Å². The summed E-state index contributed by atoms with van der Waals surface area (Å²) in [6.45, 7) is 0. The van der Waals surface area contributed by atoms with Gasteiger partial charge in [-0.3, -0.25) is 4.40 Å². The fourth-order valence-electron chi connectivity index (χ4n) is 0.984. The monoisotopic (exact) mass is 167 g/mol. The van der Waals surface area contributed by atoms with E-state index in [1.54, 1.807) is 22.9 Å². The van der Waals surface area contributed by atoms with Crippen LogP contribution >= 0.6 is 11.6 Å². The van der Waals surface area contributed by atoms with Crippen molar-refractivity contribution in [2.45, 2.75) is 0 Å². The van der Waals surface area contributed by atoms with E-state index in [0.717, 1.165) is 5.52 Å². The van der Waals surface area contributed by atoms with Gasteiger partial charge in [0.15, 0.2) is 0 Å². The largest absolute Gasteiger partial charge is 0.369 e. The Morgan fingerprint density at radius 2 is 2.27 bits per heavy atom. The predicted molar refractivity (Wildman–Crippen MR) is 44.6 cm³/mol. The number of pyridine rings is 1. The second-order valence-corrected chi connectivity index (χ2v) is 2.70. The lowest BCUT2D eigenvalue weighted by Crippen LogP contribution is -1.92. The highest BCUT2D eigenvalue weighted by Gasteiger charge is 1.97. The van der Waals surface area contributed by atoms with Crippen molar-refractivity contribution in [3.63, 3.8) is 0 Å². The van der Waals surface area contributed by atoms with E-state index in [-0.39, 0.29) is 0 Å². The molecule has 0 unspecified atom stereocenters. The quantitative estimate of drug-likeness (QED) is 0.647. The predicted octanol–water partition coefficient (Wildman–Crippen LogP) is 1.57. The first-order valence-electron chi connectivity index (χ1n) is 3.15. The van der Waals surface area contributed by atoms with Crippen LogP contribution in [-0.4, -0.2) is 9.38 Å². The molecule has 0 aliphatic heterocycles. The van der Waals surface area contributed by atoms with Gasteiger partial charge >= 0.3 is 0 Å². The molecule has 2 heterocycles. The molecule has 0 radical (unpaired) electrons. The Kier molecular flexibility index (Phi) is 1.26. The van der Waals surface area contributed by atoms with Gasteiger partial charge in [-0.1, -0.05) is 11.6 Å². The number of rotatable bonds is 0. The molecular formula is C7H6ClN3. The van der Waals surface area contributed by atoms with Gasteiger partial charge in [-0.2, -0.15) is 0 Å². The van der Waals surface area contributed by atoms with E-state index in [1.807, 2.05) is 6.07 Å². The number of halogens is 1. The van der Waals surface area contributed by atoms with Crippen molar-refractivity contribution in [3.05, 3.63) is 29.5 Å². The highest BCUT2D eigenvalue weighted by molar-refractivity contribution is 6.30. The van der Waals surface area contributed by atoms with Crippen LogP contribution in [0.5, 0.6) is 0 Å². The molecule has 0 spiro atoms. The van der Waals surface area contributed by atoms with Crippen LogP contribution < -0.4 is 5.73 Å². The van der Waals surface area contributed by atoms with Crippen LogP contribution in [0.15, 0.2) is 24.5 Å². The minimum Gasteiger partial charge on any atom is -0.369 e. The third-order valence-corrected chi connectivity index (χ3v) is 1.74. The molecule has 2 N–H and O–H groups in total. The van der Waals surface area contributed by atoms with Crippen LogP contribution in [0.4, 0.5) is 5.95 Å². The average Bonchev–Trinajstić information content (AvgIpc) is 2.33. The normalized spacial score (nSPS) is 10.6. The number of hydrogen-bond donors (Lipinski definition) is 1. The number of aromatic nitrogens is 2. The SMILES string of the molecule is Nc1ncc2ccc(Cl)cn12. The molecule has 0 aliphatic rings. The molecule has 11 heavy (non-hydrogen) atoms. The van der Waals surface area contributed by atoms with Gasteiger partial charge in [-0.15, -0.1) is 0 Å². The topological polar surface area (TPSA) is 43.3 Å². The number of nitrogens with two attached hydrogens (primary N) is 1. The van der Waals surface area contributed by atoms with Gasteiger partial charge in [0.1, 0.15) is 0 Å². The molecule has 0 bridgehead atoms. The highest BCUT2D eigenvalue weighted by Crippen LogP contribution is 2.13. The smallest absolute Gasteiger partial charge is 0.204 e. The van der Waals surface area contributed by atoms with Crippen LogP contribution in [0, 0.1) is 0 Å². The fraction of sp³-hybridized carbons (Fsp3) is 0. The van der Waals surface area contributed by atoms with Crippen LogP contribution in [0.25, 0.3) is 5.52 Å². The molecule has 4 heteroatoms. The van der Waals surface area contributed by atoms with E-state index in [2.05, 4.69) is 4.98 Å². The number of nitrogen functional groups attached to an aromatic ring is 1. The highest BCUT2D eigenvalue weighted by atomic mass is 35.5. The Morgan fingerprint density at radius 1 is 1.45 bits per heavy atom. The lowest BCUT2D eigenvalue weighted by molar-refractivity contribution is 1.17. The zero-order valence-electron chi connectivity index (χ0n) is 5.66. The molecule has 0 aliphatic carbocycles. The molecule has 3 nitrogen and oxygen atoms in total. The minimum absolute atomic E-state index is 0.461. The first-order valence-corrected chi connectivity index (χ1v) is 3.53. The summed E-state index contributed by atoms with van der Waals surface area (Å²) in [7, 11) is 0. The van der Waals surface area contributed by atoms with Crippen molar-refractivity contribution in [1.29, 1.82) is 0 Å². The number of imidazole rings is 1. The van der Waals surface area contributed by atoms with Gasteiger partial charge in [0, 0.05) is 6.20 Å². The Morgan fingerprint density at radius 3 is 3.09 bits per heavy atom. The Hall–Kier alpha value is -1.22. The maximum absolute atomic E-state index is 5.74. The molecular weight excluding hydrogens is 162 g/mol. The molecule has 0 atom stereocenters. The molecule has 0 aromatic carbocycles. The lowest BCUT2D eigenvalue weighted by Gasteiger charge is -1.94. The lowest BCUT2D eigenvalue weighted by atomic mass is 10.4. The summed E-state index contributed by atoms with van der Waals surface area (Å²) >= 11 is 5.74. The van der Waals surface area contributed by atoms with E-state index in [4.69, 9.17) is 17.3 Å². The summed E-state index contributed by atoms with van der Waals surface area (Å²) < 4.78 is 1.74. The van der Waals surface area contributed by atoms with E-state index >= 15 is 0 Å². The summed E-state index contributed by atoms with van der Waals surface area (Å²) in [6.07, 6.45) is 3.44. The standard InChI is InChI=1S/C7H6ClN3/c8-5-1-2-6-3-10-7(9)11(6)4-5/h1-4H,(H2,9,10). The fourth-order valence-corrected chi connectivity index (χ4v) is 1.14. The average molecular weight is 168 g/mol. The summed E-state index contributed by atoms with van der Waals surface area (Å²) in [5.74, 6) is 0.461. The second kappa shape index (κ2) is 2.13. The zero-order chi connectivity index (χ0) is 7.84. The first-order chi connectivity index (χ1) is 5.27. The van der Waals surface area contributed by atoms with Gasteiger partial charge in [0.25, 0.3) is 0 Å². The number of fused-ring (bicyclic) bond motifs is 1. The Bertz CT molecular complexity index is 393. The number of nitrogens with zero attached hydrogens (tertiary/aromatic N) is 2. The van der Waals surface area contributed by atoms with Gasteiger partial charge in [0.2, 0.25) is 5.95 Å². The van der Waals surface area contributed by atoms with E-state index in [0.29, 0.717) is 11.0 Å². The van der Waals surface area contributed by atoms with Crippen molar-refractivity contribution in [2.75, 3.05) is 5.73 Å². The van der Waals surface area contributed by atoms with Crippen molar-refractivity contribution in [3.8, 4) is 0 Å². The molecule has 0 saturated heterocycles. The van der Waals surface area contributed by atoms with Crippen LogP contribution in [0.2, 0.25) is 5.02 Å². The van der Waals surface area contributed by atoms with Crippen molar-refractivity contribution >= 4 is 23.1 Å². The molecule has 2 rings (SSSR count). The van der Waals surface area contributed by atoms with Gasteiger partial charge in [-0.25, -0.2) is 4.98 Å². The van der Waals surface area contributed by atoms with Crippen LogP contribution in [0.1, 0.15) is 0 Å². The van der Waals surface area contributed by atoms with E-state index in [1.165, 1.54) is 0 Å². The van der Waals surface area contributed by atoms with E-state index < -0.39 is 0 Å². The third-order valence-electron chi connectivity index (χ3n) is 1.52. The first kappa shape index (κ1) is 6.49. The van der Waals surface area contributed by atoms with Crippen molar-refractivity contribution in [2.24, 2.45) is 0 Å². The maximum atomic E-state index is 5.74. The van der Waals surface area contributed by atoms with Gasteiger partial charge in [0.05, 0.1) is 16.7 Å².